The van der Waals surface area contributed by atoms with Crippen LogP contribution >= 0.6 is 0 Å². The van der Waals surface area contributed by atoms with Gasteiger partial charge in [0.1, 0.15) is 0 Å². The van der Waals surface area contributed by atoms with Crippen LogP contribution < -0.4 is 0 Å². The summed E-state index contributed by atoms with van der Waals surface area (Å²) in [7, 11) is 2.74. The molecule has 0 rings (SSSR count). The van der Waals surface area contributed by atoms with E-state index in [1.54, 1.807) is 0 Å². The Morgan fingerprint density at radius 3 is 1.42 bits per heavy atom. The van der Waals surface area contributed by atoms with Gasteiger partial charge >= 0.3 is 0 Å². The Hall–Kier alpha value is -0.286. The van der Waals surface area contributed by atoms with Crippen molar-refractivity contribution in [3.63, 3.8) is 0 Å². The molecule has 0 N–H and O–H groups in total. The first-order valence-corrected chi connectivity index (χ1v) is 11.2. The highest BCUT2D eigenvalue weighted by molar-refractivity contribution is 6.08. The van der Waals surface area contributed by atoms with E-state index < -0.39 is 0 Å². The quantitative estimate of drug-likeness (QED) is 0.271. The fourth-order valence-electron chi connectivity index (χ4n) is 2.02. The Labute approximate surface area is 126 Å². The molecule has 3 heteroatoms. The molecule has 1 nitrogen and oxygen atoms in total. The molecule has 0 saturated carbocycles. The lowest BCUT2D eigenvalue weighted by Gasteiger charge is -1.97. The molecule has 0 aliphatic heterocycles. The van der Waals surface area contributed by atoms with Crippen LogP contribution in [0.15, 0.2) is 24.7 Å². The molecule has 0 aliphatic rings. The highest BCUT2D eigenvalue weighted by atomic mass is 28.1. The average molecular weight is 299 g/mol. The summed E-state index contributed by atoms with van der Waals surface area (Å²) in [6, 6.07) is 2.92. The van der Waals surface area contributed by atoms with E-state index in [4.69, 9.17) is 4.74 Å². The van der Waals surface area contributed by atoms with E-state index in [-0.39, 0.29) is 0 Å². The molecule has 0 saturated heterocycles. The van der Waals surface area contributed by atoms with Gasteiger partial charge in [-0.1, -0.05) is 50.6 Å². The summed E-state index contributed by atoms with van der Waals surface area (Å²) in [5, 5.41) is 0. The van der Waals surface area contributed by atoms with Crippen molar-refractivity contribution in [1.82, 2.24) is 0 Å². The number of unbranched alkanes of at least 4 members (excludes halogenated alkanes) is 8. The van der Waals surface area contributed by atoms with Gasteiger partial charge in [-0.25, -0.2) is 0 Å². The van der Waals surface area contributed by atoms with Crippen molar-refractivity contribution in [1.29, 1.82) is 0 Å². The zero-order chi connectivity index (χ0) is 14.0. The monoisotopic (exact) mass is 298 g/mol. The zero-order valence-electron chi connectivity index (χ0n) is 13.2. The number of ether oxygens (including phenoxy) is 1. The molecule has 0 aliphatic carbocycles. The molecule has 0 heterocycles. The van der Waals surface area contributed by atoms with Gasteiger partial charge in [-0.3, -0.25) is 0 Å². The lowest BCUT2D eigenvalue weighted by atomic mass is 10.1. The Morgan fingerprint density at radius 2 is 1.00 bits per heavy atom. The van der Waals surface area contributed by atoms with Gasteiger partial charge in [0, 0.05) is 20.5 Å². The summed E-state index contributed by atoms with van der Waals surface area (Å²) in [4.78, 5) is 0. The molecule has 0 aromatic heterocycles. The van der Waals surface area contributed by atoms with Gasteiger partial charge in [-0.15, -0.1) is 0 Å². The Kier molecular flexibility index (Phi) is 17.4. The fraction of sp³-hybridized carbons (Fsp3) is 0.750. The van der Waals surface area contributed by atoms with Crippen LogP contribution in [0.2, 0.25) is 12.1 Å². The minimum Gasteiger partial charge on any atom is -0.473 e. The average Bonchev–Trinajstić information content (AvgIpc) is 2.43. The van der Waals surface area contributed by atoms with Crippen LogP contribution in [-0.4, -0.2) is 20.5 Å². The van der Waals surface area contributed by atoms with Crippen molar-refractivity contribution in [3.8, 4) is 0 Å². The van der Waals surface area contributed by atoms with Crippen LogP contribution in [0.4, 0.5) is 0 Å². The molecule has 0 unspecified atom stereocenters. The Balaban J connectivity index is 3.14. The van der Waals surface area contributed by atoms with Crippen LogP contribution in [0, 0.1) is 0 Å². The third-order valence-corrected chi connectivity index (χ3v) is 4.71. The summed E-state index contributed by atoms with van der Waals surface area (Å²) >= 11 is 0. The second kappa shape index (κ2) is 17.7. The highest BCUT2D eigenvalue weighted by Gasteiger charge is 1.87. The summed E-state index contributed by atoms with van der Waals surface area (Å²) < 4.78 is 5.34. The van der Waals surface area contributed by atoms with Crippen molar-refractivity contribution in [2.75, 3.05) is 0 Å². The maximum Gasteiger partial charge on any atom is 0.0861 e. The molecule has 0 aromatic rings. The van der Waals surface area contributed by atoms with E-state index >= 15 is 0 Å². The van der Waals surface area contributed by atoms with E-state index in [2.05, 4.69) is 12.2 Å². The maximum absolute atomic E-state index is 5.34. The zero-order valence-corrected chi connectivity index (χ0v) is 17.2. The van der Waals surface area contributed by atoms with Crippen LogP contribution in [0.3, 0.4) is 0 Å². The first-order chi connectivity index (χ1) is 9.41. The fourth-order valence-corrected chi connectivity index (χ4v) is 3.02. The van der Waals surface area contributed by atoms with Crippen LogP contribution in [0.1, 0.15) is 64.2 Å². The van der Waals surface area contributed by atoms with Gasteiger partial charge in [0.05, 0.1) is 12.5 Å². The standard InChI is InChI=1S/C16H34OSi2/c18-15-11-7-3-1-5-9-13-17-14-10-6-2-4-8-12-16-19/h9-10,13-14H,1-8,11-12,15-16H2,18-19H3. The smallest absolute Gasteiger partial charge is 0.0861 e. The summed E-state index contributed by atoms with van der Waals surface area (Å²) in [5.41, 5.74) is 0. The summed E-state index contributed by atoms with van der Waals surface area (Å²) in [6.07, 6.45) is 21.4. The van der Waals surface area contributed by atoms with E-state index in [0.717, 1.165) is 12.8 Å². The third-order valence-electron chi connectivity index (χ3n) is 3.30. The summed E-state index contributed by atoms with van der Waals surface area (Å²) in [5.74, 6) is 0. The van der Waals surface area contributed by atoms with Crippen molar-refractivity contribution in [2.24, 2.45) is 0 Å². The topological polar surface area (TPSA) is 9.23 Å². The van der Waals surface area contributed by atoms with Crippen molar-refractivity contribution in [2.45, 2.75) is 76.3 Å². The molecule has 0 spiro atoms. The summed E-state index contributed by atoms with van der Waals surface area (Å²) in [6.45, 7) is 0. The predicted molar refractivity (Wildman–Crippen MR) is 95.0 cm³/mol. The lowest BCUT2D eigenvalue weighted by molar-refractivity contribution is 0.398. The SMILES string of the molecule is [SiH3]CCCCCCC=COC=CCCCCCC[SiH3]. The van der Waals surface area contributed by atoms with Gasteiger partial charge in [0.2, 0.25) is 0 Å². The lowest BCUT2D eigenvalue weighted by Crippen LogP contribution is -1.78. The van der Waals surface area contributed by atoms with Crippen LogP contribution in [0.25, 0.3) is 0 Å². The van der Waals surface area contributed by atoms with Gasteiger partial charge < -0.3 is 4.74 Å². The number of rotatable bonds is 14. The van der Waals surface area contributed by atoms with Gasteiger partial charge in [-0.05, 0) is 37.8 Å². The molecule has 0 aromatic carbocycles. The van der Waals surface area contributed by atoms with E-state index in [0.29, 0.717) is 0 Å². The van der Waals surface area contributed by atoms with Gasteiger partial charge in [0.15, 0.2) is 0 Å². The minimum absolute atomic E-state index is 1.16. The second-order valence-electron chi connectivity index (χ2n) is 5.29. The van der Waals surface area contributed by atoms with E-state index in [1.165, 1.54) is 83.9 Å². The molecular weight excluding hydrogens is 264 g/mol. The Bertz CT molecular complexity index is 193. The van der Waals surface area contributed by atoms with Crippen LogP contribution in [-0.2, 0) is 4.74 Å². The molecule has 0 amide bonds. The van der Waals surface area contributed by atoms with Crippen LogP contribution in [0.5, 0.6) is 0 Å². The number of hydrogen-bond acceptors (Lipinski definition) is 1. The molecular formula is C16H34OSi2. The molecule has 19 heavy (non-hydrogen) atoms. The first kappa shape index (κ1) is 18.7. The molecule has 112 valence electrons. The third kappa shape index (κ3) is 17.7. The minimum atomic E-state index is 1.16. The molecule has 0 radical (unpaired) electrons. The number of allylic oxidation sites excluding steroid dienone is 2. The maximum atomic E-state index is 5.34. The molecule has 0 bridgehead atoms. The van der Waals surface area contributed by atoms with Crippen molar-refractivity contribution in [3.05, 3.63) is 24.7 Å². The highest BCUT2D eigenvalue weighted by Crippen LogP contribution is 2.06. The Morgan fingerprint density at radius 1 is 0.579 bits per heavy atom. The predicted octanol–water partition coefficient (Wildman–Crippen LogP) is 3.50. The number of hydrogen-bond donors (Lipinski definition) is 0. The molecule has 0 fully saturated rings. The van der Waals surface area contributed by atoms with Gasteiger partial charge in [-0.2, -0.15) is 0 Å². The largest absolute Gasteiger partial charge is 0.473 e. The van der Waals surface area contributed by atoms with E-state index in [9.17, 15) is 0 Å². The second-order valence-corrected chi connectivity index (χ2v) is 7.29. The van der Waals surface area contributed by atoms with Crippen molar-refractivity contribution < 1.29 is 4.74 Å². The van der Waals surface area contributed by atoms with E-state index in [1.807, 2.05) is 12.5 Å². The first-order valence-electron chi connectivity index (χ1n) is 8.37. The molecule has 0 atom stereocenters. The van der Waals surface area contributed by atoms with Gasteiger partial charge in [0.25, 0.3) is 0 Å². The van der Waals surface area contributed by atoms with Crippen molar-refractivity contribution >= 4 is 20.5 Å². The normalized spacial score (nSPS) is 12.0.